The lowest BCUT2D eigenvalue weighted by atomic mass is 10.0. The first-order valence-corrected chi connectivity index (χ1v) is 18.8. The molecule has 266 valence electrons. The Hall–Kier alpha value is -3.46. The zero-order chi connectivity index (χ0) is 34.9. The van der Waals surface area contributed by atoms with Gasteiger partial charge < -0.3 is 24.4 Å². The van der Waals surface area contributed by atoms with Crippen molar-refractivity contribution < 1.29 is 28.6 Å². The molecule has 2 bridgehead atoms. The first-order chi connectivity index (χ1) is 23.8. The Morgan fingerprint density at radius 3 is 2.50 bits per heavy atom. The SMILES string of the molecule is CC(C)(C)OC(=O)N1C2CCC1CN(c1nc(OCC3(CN4CCC(F)C4)CC3)nc3c1CN(C(=O)c1cc(O)cc4cccc(I)c14)C3)C2. The average Bonchev–Trinajstić information content (AvgIpc) is 3.33. The molecule has 1 N–H and O–H groups in total. The van der Waals surface area contributed by atoms with Gasteiger partial charge in [0, 0.05) is 52.7 Å². The quantitative estimate of drug-likeness (QED) is 0.293. The van der Waals surface area contributed by atoms with Crippen LogP contribution in [0.1, 0.15) is 74.5 Å². The standard InChI is InChI=1S/C37H44FIN6O5/c1-36(2,3)50-35(48)45-24-7-8-25(45)17-43(16-24)32-28-18-44(33(47)27-14-26(46)13-22-5-4-6-29(39)31(22)27)19-30(28)40-34(41-32)49-21-37(10-11-37)20-42-12-9-23(38)15-42/h4-6,13-14,23-25,46H,7-12,15-21H2,1-3H3. The van der Waals surface area contributed by atoms with Crippen molar-refractivity contribution in [1.82, 2.24) is 24.7 Å². The van der Waals surface area contributed by atoms with Gasteiger partial charge in [0.1, 0.15) is 23.3 Å². The van der Waals surface area contributed by atoms with E-state index in [2.05, 4.69) is 32.4 Å². The fraction of sp³-hybridized carbons (Fsp3) is 0.568. The van der Waals surface area contributed by atoms with Crippen LogP contribution >= 0.6 is 22.6 Å². The summed E-state index contributed by atoms with van der Waals surface area (Å²) in [7, 11) is 0. The number of amides is 2. The van der Waals surface area contributed by atoms with E-state index in [4.69, 9.17) is 19.4 Å². The summed E-state index contributed by atoms with van der Waals surface area (Å²) in [6.07, 6.45) is 3.35. The minimum Gasteiger partial charge on any atom is -0.508 e. The molecule has 50 heavy (non-hydrogen) atoms. The third-order valence-corrected chi connectivity index (χ3v) is 11.7. The summed E-state index contributed by atoms with van der Waals surface area (Å²) in [5.74, 6) is 0.588. The number of piperazine rings is 1. The fourth-order valence-electron chi connectivity index (χ4n) is 8.22. The maximum Gasteiger partial charge on any atom is 0.410 e. The van der Waals surface area contributed by atoms with Crippen LogP contribution in [-0.4, -0.2) is 105 Å². The van der Waals surface area contributed by atoms with Gasteiger partial charge in [-0.1, -0.05) is 12.1 Å². The Morgan fingerprint density at radius 1 is 1.06 bits per heavy atom. The number of hydrogen-bond donors (Lipinski definition) is 1. The van der Waals surface area contributed by atoms with E-state index in [1.807, 2.05) is 43.9 Å². The van der Waals surface area contributed by atoms with Gasteiger partial charge in [0.25, 0.3) is 5.91 Å². The summed E-state index contributed by atoms with van der Waals surface area (Å²) in [6.45, 7) is 9.94. The van der Waals surface area contributed by atoms with Crippen molar-refractivity contribution in [3.8, 4) is 11.8 Å². The highest BCUT2D eigenvalue weighted by molar-refractivity contribution is 14.1. The Kier molecular flexibility index (Phi) is 8.51. The predicted molar refractivity (Wildman–Crippen MR) is 194 cm³/mol. The van der Waals surface area contributed by atoms with E-state index in [1.54, 1.807) is 17.0 Å². The highest BCUT2D eigenvalue weighted by atomic mass is 127. The van der Waals surface area contributed by atoms with Crippen LogP contribution in [0, 0.1) is 8.99 Å². The van der Waals surface area contributed by atoms with Crippen molar-refractivity contribution in [3.63, 3.8) is 0 Å². The van der Waals surface area contributed by atoms with Crippen molar-refractivity contribution >= 4 is 51.2 Å². The number of likely N-dealkylation sites (tertiary alicyclic amines) is 1. The number of alkyl halides is 1. The number of aromatic hydroxyl groups is 1. The van der Waals surface area contributed by atoms with E-state index in [0.717, 1.165) is 70.2 Å². The number of anilines is 1. The van der Waals surface area contributed by atoms with E-state index in [9.17, 15) is 19.1 Å². The predicted octanol–water partition coefficient (Wildman–Crippen LogP) is 5.89. The van der Waals surface area contributed by atoms with Crippen molar-refractivity contribution in [2.45, 2.75) is 89.8 Å². The monoisotopic (exact) mass is 798 g/mol. The summed E-state index contributed by atoms with van der Waals surface area (Å²) in [5.41, 5.74) is 1.45. The van der Waals surface area contributed by atoms with Gasteiger partial charge in [0.2, 0.25) is 0 Å². The number of rotatable bonds is 7. The molecule has 11 nitrogen and oxygen atoms in total. The number of ether oxygens (including phenoxy) is 2. The number of phenols is 1. The third-order valence-electron chi connectivity index (χ3n) is 10.8. The van der Waals surface area contributed by atoms with Crippen molar-refractivity contribution in [2.75, 3.05) is 44.2 Å². The largest absolute Gasteiger partial charge is 0.508 e. The maximum atomic E-state index is 14.2. The maximum absolute atomic E-state index is 14.2. The van der Waals surface area contributed by atoms with Gasteiger partial charge in [-0.15, -0.1) is 0 Å². The van der Waals surface area contributed by atoms with Crippen LogP contribution < -0.4 is 9.64 Å². The summed E-state index contributed by atoms with van der Waals surface area (Å²) in [6, 6.07) is 9.24. The molecule has 3 unspecified atom stereocenters. The Bertz CT molecular complexity index is 1830. The first kappa shape index (κ1) is 33.7. The molecule has 1 aromatic heterocycles. The van der Waals surface area contributed by atoms with Crippen LogP contribution in [0.5, 0.6) is 11.8 Å². The van der Waals surface area contributed by atoms with Crippen molar-refractivity contribution in [3.05, 3.63) is 50.7 Å². The number of aromatic nitrogens is 2. The Morgan fingerprint density at radius 2 is 1.82 bits per heavy atom. The third kappa shape index (κ3) is 6.55. The van der Waals surface area contributed by atoms with E-state index in [-0.39, 0.29) is 47.8 Å². The van der Waals surface area contributed by atoms with E-state index < -0.39 is 11.8 Å². The van der Waals surface area contributed by atoms with Gasteiger partial charge in [0.05, 0.1) is 43.0 Å². The molecule has 2 aromatic carbocycles. The molecule has 2 amide bonds. The molecule has 13 heteroatoms. The average molecular weight is 799 g/mol. The van der Waals surface area contributed by atoms with Gasteiger partial charge in [-0.25, -0.2) is 9.18 Å². The molecule has 5 heterocycles. The van der Waals surface area contributed by atoms with Crippen molar-refractivity contribution in [1.29, 1.82) is 0 Å². The first-order valence-electron chi connectivity index (χ1n) is 17.7. The molecule has 5 aliphatic rings. The van der Waals surface area contributed by atoms with Crippen LogP contribution in [0.2, 0.25) is 0 Å². The summed E-state index contributed by atoms with van der Waals surface area (Å²) in [5, 5.41) is 12.2. The molecule has 3 aromatic rings. The van der Waals surface area contributed by atoms with Crippen LogP contribution in [0.3, 0.4) is 0 Å². The summed E-state index contributed by atoms with van der Waals surface area (Å²) in [4.78, 5) is 45.5. The molecule has 8 rings (SSSR count). The second kappa shape index (κ2) is 12.6. The Balaban J connectivity index is 1.08. The van der Waals surface area contributed by atoms with Gasteiger partial charge in [-0.05, 0) is 99.1 Å². The molecule has 3 atom stereocenters. The Labute approximate surface area is 305 Å². The number of fused-ring (bicyclic) bond motifs is 4. The summed E-state index contributed by atoms with van der Waals surface area (Å²) < 4.78 is 27.0. The second-order valence-electron chi connectivity index (χ2n) is 15.8. The number of nitrogens with zero attached hydrogens (tertiary/aromatic N) is 6. The minimum atomic E-state index is -0.757. The highest BCUT2D eigenvalue weighted by Gasteiger charge is 2.47. The van der Waals surface area contributed by atoms with Gasteiger partial charge in [-0.3, -0.25) is 14.6 Å². The highest BCUT2D eigenvalue weighted by Crippen LogP contribution is 2.47. The minimum absolute atomic E-state index is 0.0204. The zero-order valence-corrected chi connectivity index (χ0v) is 31.0. The van der Waals surface area contributed by atoms with Crippen LogP contribution in [-0.2, 0) is 17.8 Å². The molecule has 1 saturated carbocycles. The number of carbonyl (C=O) groups is 2. The van der Waals surface area contributed by atoms with Crippen LogP contribution in [0.25, 0.3) is 10.8 Å². The molecular formula is C37H44FIN6O5. The molecule has 4 aliphatic heterocycles. The van der Waals surface area contributed by atoms with Crippen LogP contribution in [0.15, 0.2) is 30.3 Å². The normalized spacial score (nSPS) is 24.2. The van der Waals surface area contributed by atoms with Gasteiger partial charge in [0.15, 0.2) is 0 Å². The lowest BCUT2D eigenvalue weighted by Gasteiger charge is -2.42. The second-order valence-corrected chi connectivity index (χ2v) is 17.0. The zero-order valence-electron chi connectivity index (χ0n) is 28.8. The number of carbonyl (C=O) groups excluding carboxylic acids is 2. The number of benzene rings is 2. The van der Waals surface area contributed by atoms with Crippen molar-refractivity contribution in [2.24, 2.45) is 5.41 Å². The molecular weight excluding hydrogens is 754 g/mol. The van der Waals surface area contributed by atoms with E-state index in [1.165, 1.54) is 0 Å². The molecule has 0 spiro atoms. The number of halogens is 2. The lowest BCUT2D eigenvalue weighted by molar-refractivity contribution is 0.0122. The van der Waals surface area contributed by atoms with Gasteiger partial charge in [-0.2, -0.15) is 9.97 Å². The van der Waals surface area contributed by atoms with Crippen LogP contribution in [0.4, 0.5) is 15.0 Å². The van der Waals surface area contributed by atoms with Gasteiger partial charge >= 0.3 is 12.1 Å². The van der Waals surface area contributed by atoms with E-state index in [0.29, 0.717) is 44.8 Å². The smallest absolute Gasteiger partial charge is 0.410 e. The summed E-state index contributed by atoms with van der Waals surface area (Å²) >= 11 is 2.23. The fourth-order valence-corrected chi connectivity index (χ4v) is 9.03. The molecule has 0 radical (unpaired) electrons. The topological polar surface area (TPSA) is 112 Å². The lowest BCUT2D eigenvalue weighted by Crippen LogP contribution is -2.57. The molecule has 1 aliphatic carbocycles. The number of phenolic OH excluding ortho intramolecular Hbond substituents is 1. The molecule has 4 fully saturated rings. The van der Waals surface area contributed by atoms with E-state index >= 15 is 0 Å². The molecule has 3 saturated heterocycles. The number of hydrogen-bond acceptors (Lipinski definition) is 9.